The van der Waals surface area contributed by atoms with Gasteiger partial charge in [0.25, 0.3) is 0 Å². The number of pyridine rings is 2. The summed E-state index contributed by atoms with van der Waals surface area (Å²) in [6, 6.07) is 71.8. The van der Waals surface area contributed by atoms with Gasteiger partial charge >= 0.3 is 0 Å². The van der Waals surface area contributed by atoms with E-state index in [0.29, 0.717) is 0 Å². The van der Waals surface area contributed by atoms with Crippen molar-refractivity contribution >= 4 is 97.2 Å². The zero-order valence-electron chi connectivity index (χ0n) is 32.5. The van der Waals surface area contributed by atoms with Crippen molar-refractivity contribution < 1.29 is 0 Å². The lowest BCUT2D eigenvalue weighted by Gasteiger charge is -2.19. The maximum absolute atomic E-state index is 4.77. The van der Waals surface area contributed by atoms with Crippen molar-refractivity contribution in [3.63, 3.8) is 0 Å². The Bertz CT molecular complexity index is 3880. The molecular weight excluding hydrogens is 725 g/mol. The normalized spacial score (nSPS) is 12.0. The van der Waals surface area contributed by atoms with Crippen molar-refractivity contribution in [2.24, 2.45) is 0 Å². The first-order chi connectivity index (χ1) is 29.8. The lowest BCUT2D eigenvalue weighted by atomic mass is 9.84. The van der Waals surface area contributed by atoms with Crippen molar-refractivity contribution in [1.82, 2.24) is 9.97 Å². The molecule has 0 amide bonds. The summed E-state index contributed by atoms with van der Waals surface area (Å²) in [4.78, 5) is 9.45. The Balaban J connectivity index is 1.06. The fourth-order valence-corrected chi connectivity index (χ4v) is 10.3. The van der Waals surface area contributed by atoms with E-state index in [9.17, 15) is 0 Å². The average Bonchev–Trinajstić information content (AvgIpc) is 3.32. The third-order valence-corrected chi connectivity index (χ3v) is 12.9. The van der Waals surface area contributed by atoms with Gasteiger partial charge in [0.1, 0.15) is 0 Å². The molecule has 2 aromatic heterocycles. The van der Waals surface area contributed by atoms with E-state index in [1.807, 2.05) is 24.5 Å². The molecule has 0 atom stereocenters. The van der Waals surface area contributed by atoms with Crippen LogP contribution in [0.5, 0.6) is 0 Å². The van der Waals surface area contributed by atoms with Gasteiger partial charge < -0.3 is 0 Å². The van der Waals surface area contributed by atoms with E-state index in [1.165, 1.54) is 97.7 Å². The van der Waals surface area contributed by atoms with Crippen LogP contribution in [0.3, 0.4) is 0 Å². The first-order valence-electron chi connectivity index (χ1n) is 20.6. The zero-order chi connectivity index (χ0) is 39.3. The Kier molecular flexibility index (Phi) is 7.05. The second-order valence-corrected chi connectivity index (χ2v) is 16.0. The Labute approximate surface area is 345 Å². The second kappa shape index (κ2) is 12.8. The van der Waals surface area contributed by atoms with E-state index in [-0.39, 0.29) is 0 Å². The van der Waals surface area contributed by atoms with Crippen molar-refractivity contribution in [2.75, 3.05) is 0 Å². The standard InChI is InChI=1S/C58H34N2/c1-2-15-42-41(14-1)44-20-7-11-36-27-28-37-12-8-21-45(56(37)55(36)44)43-30-29-39(33-52(42)43)54-48-18-5-3-16-46(48)53(47-17-4-6-19-49(47)54)38-25-23-35(24-26-38)51-34-40-13-9-31-59-57(40)58-50(51)22-10-32-60-58/h1-34H. The molecule has 2 heteroatoms. The maximum Gasteiger partial charge on any atom is 0.0970 e. The molecule has 0 saturated carbocycles. The predicted octanol–water partition coefficient (Wildman–Crippen LogP) is 15.9. The third-order valence-electron chi connectivity index (χ3n) is 12.9. The van der Waals surface area contributed by atoms with Crippen LogP contribution in [0.2, 0.25) is 0 Å². The summed E-state index contributed by atoms with van der Waals surface area (Å²) in [5.74, 6) is 0. The molecule has 13 rings (SSSR count). The first kappa shape index (κ1) is 33.1. The summed E-state index contributed by atoms with van der Waals surface area (Å²) in [6.45, 7) is 0. The smallest absolute Gasteiger partial charge is 0.0970 e. The molecule has 0 radical (unpaired) electrons. The quantitative estimate of drug-likeness (QED) is 0.132. The van der Waals surface area contributed by atoms with Gasteiger partial charge in [0.15, 0.2) is 0 Å². The summed E-state index contributed by atoms with van der Waals surface area (Å²) in [5, 5.41) is 19.9. The molecular formula is C58H34N2. The van der Waals surface area contributed by atoms with Crippen LogP contribution in [0.25, 0.3) is 131 Å². The van der Waals surface area contributed by atoms with Crippen molar-refractivity contribution in [2.45, 2.75) is 0 Å². The number of rotatable bonds is 3. The summed E-state index contributed by atoms with van der Waals surface area (Å²) in [5.41, 5.74) is 9.08. The summed E-state index contributed by atoms with van der Waals surface area (Å²) in [6.07, 6.45) is 3.70. The van der Waals surface area contributed by atoms with E-state index >= 15 is 0 Å². The molecule has 0 fully saturated rings. The number of hydrogen-bond donors (Lipinski definition) is 0. The highest BCUT2D eigenvalue weighted by Gasteiger charge is 2.19. The summed E-state index contributed by atoms with van der Waals surface area (Å²) in [7, 11) is 0. The van der Waals surface area contributed by atoms with Crippen LogP contribution in [0.15, 0.2) is 207 Å². The molecule has 13 aromatic rings. The van der Waals surface area contributed by atoms with E-state index in [1.54, 1.807) is 0 Å². The largest absolute Gasteiger partial charge is 0.254 e. The van der Waals surface area contributed by atoms with E-state index < -0.39 is 0 Å². The molecule has 0 unspecified atom stereocenters. The van der Waals surface area contributed by atoms with Crippen LogP contribution in [-0.2, 0) is 0 Å². The van der Waals surface area contributed by atoms with Crippen LogP contribution in [0.1, 0.15) is 0 Å². The van der Waals surface area contributed by atoms with Crippen LogP contribution >= 0.6 is 0 Å². The number of benzene rings is 10. The fourth-order valence-electron chi connectivity index (χ4n) is 10.3. The SMILES string of the molecule is c1cnc2c(c1)cc(-c1ccc(-c3c4ccccc4c(-c4ccc5c(c4)c4ccccc4c4cccc6ccc7cccc5c7c64)c4ccccc34)cc1)c1cccnc12. The molecule has 0 spiro atoms. The Hall–Kier alpha value is -7.94. The minimum absolute atomic E-state index is 0.929. The summed E-state index contributed by atoms with van der Waals surface area (Å²) >= 11 is 0. The fraction of sp³-hybridized carbons (Fsp3) is 0. The van der Waals surface area contributed by atoms with Crippen molar-refractivity contribution in [3.05, 3.63) is 207 Å². The highest BCUT2D eigenvalue weighted by Crippen LogP contribution is 2.46. The van der Waals surface area contributed by atoms with Crippen molar-refractivity contribution in [3.8, 4) is 33.4 Å². The summed E-state index contributed by atoms with van der Waals surface area (Å²) < 4.78 is 0. The van der Waals surface area contributed by atoms with Crippen LogP contribution in [0.4, 0.5) is 0 Å². The van der Waals surface area contributed by atoms with E-state index in [2.05, 4.69) is 187 Å². The van der Waals surface area contributed by atoms with Crippen LogP contribution < -0.4 is 0 Å². The molecule has 0 saturated heterocycles. The van der Waals surface area contributed by atoms with Gasteiger partial charge in [-0.2, -0.15) is 0 Å². The number of hydrogen-bond acceptors (Lipinski definition) is 2. The van der Waals surface area contributed by atoms with Gasteiger partial charge in [0.2, 0.25) is 0 Å². The highest BCUT2D eigenvalue weighted by molar-refractivity contribution is 6.33. The molecule has 276 valence electrons. The number of aromatic nitrogens is 2. The molecule has 2 heterocycles. The first-order valence-corrected chi connectivity index (χ1v) is 20.6. The van der Waals surface area contributed by atoms with Crippen LogP contribution in [0, 0.1) is 0 Å². The predicted molar refractivity (Wildman–Crippen MR) is 256 cm³/mol. The van der Waals surface area contributed by atoms with Gasteiger partial charge in [0, 0.05) is 23.2 Å². The van der Waals surface area contributed by atoms with Gasteiger partial charge in [-0.05, 0) is 133 Å². The number of nitrogens with zero attached hydrogens (tertiary/aromatic N) is 2. The van der Waals surface area contributed by atoms with Gasteiger partial charge in [-0.25, -0.2) is 0 Å². The van der Waals surface area contributed by atoms with Crippen molar-refractivity contribution in [1.29, 1.82) is 0 Å². The zero-order valence-corrected chi connectivity index (χ0v) is 32.5. The molecule has 0 aliphatic heterocycles. The molecule has 60 heavy (non-hydrogen) atoms. The van der Waals surface area contributed by atoms with E-state index in [0.717, 1.165) is 32.9 Å². The highest BCUT2D eigenvalue weighted by atomic mass is 14.7. The Morgan fingerprint density at radius 2 is 0.700 bits per heavy atom. The Morgan fingerprint density at radius 1 is 0.250 bits per heavy atom. The lowest BCUT2D eigenvalue weighted by molar-refractivity contribution is 1.37. The molecule has 0 aliphatic carbocycles. The molecule has 0 aliphatic rings. The van der Waals surface area contributed by atoms with Gasteiger partial charge in [-0.1, -0.05) is 170 Å². The average molecular weight is 759 g/mol. The molecule has 2 nitrogen and oxygen atoms in total. The monoisotopic (exact) mass is 758 g/mol. The van der Waals surface area contributed by atoms with E-state index in [4.69, 9.17) is 4.98 Å². The van der Waals surface area contributed by atoms with Gasteiger partial charge in [-0.15, -0.1) is 0 Å². The second-order valence-electron chi connectivity index (χ2n) is 16.0. The minimum atomic E-state index is 0.929. The number of fused-ring (bicyclic) bond motifs is 10. The molecule has 0 bridgehead atoms. The molecule has 0 N–H and O–H groups in total. The lowest BCUT2D eigenvalue weighted by Crippen LogP contribution is -1.92. The topological polar surface area (TPSA) is 25.8 Å². The van der Waals surface area contributed by atoms with Crippen LogP contribution in [-0.4, -0.2) is 9.97 Å². The third kappa shape index (κ3) is 4.76. The minimum Gasteiger partial charge on any atom is -0.254 e. The van der Waals surface area contributed by atoms with Gasteiger partial charge in [0.05, 0.1) is 11.0 Å². The maximum atomic E-state index is 4.77. The van der Waals surface area contributed by atoms with Gasteiger partial charge in [-0.3, -0.25) is 9.97 Å². The Morgan fingerprint density at radius 3 is 1.33 bits per heavy atom. The molecule has 11 aromatic carbocycles.